The molecule has 2 rings (SSSR count). The largest absolute Gasteiger partial charge is 0.0842 e. The van der Waals surface area contributed by atoms with Crippen molar-refractivity contribution in [2.24, 2.45) is 16.7 Å². The zero-order valence-corrected chi connectivity index (χ0v) is 10.2. The van der Waals surface area contributed by atoms with Crippen LogP contribution in [0, 0.1) is 16.7 Å². The highest BCUT2D eigenvalue weighted by Gasteiger charge is 2.40. The quantitative estimate of drug-likeness (QED) is 0.494. The van der Waals surface area contributed by atoms with Crippen molar-refractivity contribution < 1.29 is 0 Å². The van der Waals surface area contributed by atoms with E-state index in [4.69, 9.17) is 0 Å². The maximum atomic E-state index is 2.55. The summed E-state index contributed by atoms with van der Waals surface area (Å²) in [6.45, 7) is 9.74. The van der Waals surface area contributed by atoms with E-state index >= 15 is 0 Å². The van der Waals surface area contributed by atoms with Gasteiger partial charge in [0.05, 0.1) is 0 Å². The van der Waals surface area contributed by atoms with Gasteiger partial charge in [0.15, 0.2) is 0 Å². The van der Waals surface area contributed by atoms with Gasteiger partial charge in [-0.15, -0.1) is 0 Å². The number of hydrogen-bond acceptors (Lipinski definition) is 0. The summed E-state index contributed by atoms with van der Waals surface area (Å²) in [5.74, 6) is 0.926. The zero-order chi connectivity index (χ0) is 10.4. The second-order valence-corrected chi connectivity index (χ2v) is 6.68. The Kier molecular flexibility index (Phi) is 2.28. The lowest BCUT2D eigenvalue weighted by Crippen LogP contribution is -2.35. The van der Waals surface area contributed by atoms with Crippen LogP contribution in [-0.4, -0.2) is 0 Å². The third kappa shape index (κ3) is 1.76. The minimum absolute atomic E-state index is 0.541. The fourth-order valence-corrected chi connectivity index (χ4v) is 3.51. The maximum Gasteiger partial charge on any atom is -0.0111 e. The van der Waals surface area contributed by atoms with Crippen LogP contribution < -0.4 is 0 Å². The molecule has 80 valence electrons. The average Bonchev–Trinajstić information content (AvgIpc) is 2.05. The van der Waals surface area contributed by atoms with Crippen LogP contribution in [0.3, 0.4) is 0 Å². The lowest BCUT2D eigenvalue weighted by molar-refractivity contribution is 0.143. The first kappa shape index (κ1) is 10.3. The third-order valence-electron chi connectivity index (χ3n) is 4.30. The Labute approximate surface area is 88.8 Å². The minimum Gasteiger partial charge on any atom is -0.0842 e. The molecule has 0 aliphatic heterocycles. The maximum absolute atomic E-state index is 2.55. The summed E-state index contributed by atoms with van der Waals surface area (Å²) in [4.78, 5) is 0. The molecule has 0 saturated heterocycles. The van der Waals surface area contributed by atoms with Crippen molar-refractivity contribution in [3.05, 3.63) is 11.6 Å². The van der Waals surface area contributed by atoms with Gasteiger partial charge in [-0.1, -0.05) is 39.3 Å². The Balaban J connectivity index is 2.24. The smallest absolute Gasteiger partial charge is 0.0111 e. The van der Waals surface area contributed by atoms with Gasteiger partial charge in [0.1, 0.15) is 0 Å². The topological polar surface area (TPSA) is 0 Å². The molecule has 0 aromatic heterocycles. The lowest BCUT2D eigenvalue weighted by atomic mass is 9.58. The second kappa shape index (κ2) is 3.12. The molecular formula is C14H24. The van der Waals surface area contributed by atoms with Gasteiger partial charge in [0, 0.05) is 0 Å². The van der Waals surface area contributed by atoms with Gasteiger partial charge in [-0.25, -0.2) is 0 Å². The average molecular weight is 192 g/mol. The van der Waals surface area contributed by atoms with Crippen LogP contribution in [0.4, 0.5) is 0 Å². The summed E-state index contributed by atoms with van der Waals surface area (Å²) in [6.07, 6.45) is 9.47. The van der Waals surface area contributed by atoms with Crippen molar-refractivity contribution in [1.29, 1.82) is 0 Å². The van der Waals surface area contributed by atoms with Crippen LogP contribution in [0.25, 0.3) is 0 Å². The third-order valence-corrected chi connectivity index (χ3v) is 4.30. The minimum atomic E-state index is 0.541. The van der Waals surface area contributed by atoms with Crippen molar-refractivity contribution in [3.63, 3.8) is 0 Å². The molecule has 0 spiro atoms. The lowest BCUT2D eigenvalue weighted by Gasteiger charge is -2.47. The molecule has 1 saturated carbocycles. The predicted molar refractivity (Wildman–Crippen MR) is 62.2 cm³/mol. The van der Waals surface area contributed by atoms with Crippen LogP contribution in [0.15, 0.2) is 11.6 Å². The summed E-state index contributed by atoms with van der Waals surface area (Å²) >= 11 is 0. The molecule has 0 radical (unpaired) electrons. The number of fused-ring (bicyclic) bond motifs is 1. The van der Waals surface area contributed by atoms with Crippen LogP contribution in [0.1, 0.15) is 59.8 Å². The standard InChI is InChI=1S/C14H24/c1-11-5-8-14(4)10-13(2,3)7-6-12(14)9-11/h6,11H,5,7-10H2,1-4H3/t11-,14?/m0/s1. The SMILES string of the molecule is C[C@H]1CCC2(C)CC(C)(C)CC=C2C1. The molecule has 0 amide bonds. The van der Waals surface area contributed by atoms with Gasteiger partial charge in [-0.3, -0.25) is 0 Å². The fraction of sp³-hybridized carbons (Fsp3) is 0.857. The molecule has 14 heavy (non-hydrogen) atoms. The first-order valence-corrected chi connectivity index (χ1v) is 6.11. The first-order chi connectivity index (χ1) is 6.41. The van der Waals surface area contributed by atoms with E-state index in [9.17, 15) is 0 Å². The summed E-state index contributed by atoms with van der Waals surface area (Å²) in [6, 6.07) is 0. The Morgan fingerprint density at radius 1 is 1.29 bits per heavy atom. The van der Waals surface area contributed by atoms with Crippen molar-refractivity contribution in [2.75, 3.05) is 0 Å². The molecule has 0 aromatic carbocycles. The normalized spacial score (nSPS) is 41.4. The van der Waals surface area contributed by atoms with Crippen LogP contribution in [0.2, 0.25) is 0 Å². The highest BCUT2D eigenvalue weighted by atomic mass is 14.5. The van der Waals surface area contributed by atoms with Crippen molar-refractivity contribution in [1.82, 2.24) is 0 Å². The molecule has 0 heteroatoms. The number of rotatable bonds is 0. The van der Waals surface area contributed by atoms with Gasteiger partial charge >= 0.3 is 0 Å². The molecule has 0 N–H and O–H groups in total. The Morgan fingerprint density at radius 2 is 2.00 bits per heavy atom. The van der Waals surface area contributed by atoms with Crippen molar-refractivity contribution in [2.45, 2.75) is 59.8 Å². The van der Waals surface area contributed by atoms with Gasteiger partial charge < -0.3 is 0 Å². The van der Waals surface area contributed by atoms with E-state index in [2.05, 4.69) is 33.8 Å². The van der Waals surface area contributed by atoms with Gasteiger partial charge in [-0.2, -0.15) is 0 Å². The number of allylic oxidation sites excluding steroid dienone is 2. The second-order valence-electron chi connectivity index (χ2n) is 6.68. The van der Waals surface area contributed by atoms with E-state index in [1.807, 2.05) is 0 Å². The molecule has 0 aromatic rings. The predicted octanol–water partition coefficient (Wildman–Crippen LogP) is 4.56. The highest BCUT2D eigenvalue weighted by molar-refractivity contribution is 5.21. The summed E-state index contributed by atoms with van der Waals surface area (Å²) < 4.78 is 0. The monoisotopic (exact) mass is 192 g/mol. The van der Waals surface area contributed by atoms with Gasteiger partial charge in [0.25, 0.3) is 0 Å². The van der Waals surface area contributed by atoms with Crippen LogP contribution >= 0.6 is 0 Å². The molecule has 2 aliphatic rings. The fourth-order valence-electron chi connectivity index (χ4n) is 3.51. The van der Waals surface area contributed by atoms with E-state index < -0.39 is 0 Å². The van der Waals surface area contributed by atoms with E-state index in [0.29, 0.717) is 10.8 Å². The van der Waals surface area contributed by atoms with Crippen LogP contribution in [-0.2, 0) is 0 Å². The molecule has 0 bridgehead atoms. The Hall–Kier alpha value is -0.260. The van der Waals surface area contributed by atoms with E-state index in [-0.39, 0.29) is 0 Å². The molecule has 0 heterocycles. The van der Waals surface area contributed by atoms with Crippen molar-refractivity contribution >= 4 is 0 Å². The zero-order valence-electron chi connectivity index (χ0n) is 10.2. The Morgan fingerprint density at radius 3 is 2.71 bits per heavy atom. The van der Waals surface area contributed by atoms with E-state index in [0.717, 1.165) is 5.92 Å². The molecule has 1 fully saturated rings. The van der Waals surface area contributed by atoms with Crippen molar-refractivity contribution in [3.8, 4) is 0 Å². The van der Waals surface area contributed by atoms with E-state index in [1.54, 1.807) is 5.57 Å². The molecular weight excluding hydrogens is 168 g/mol. The van der Waals surface area contributed by atoms with Gasteiger partial charge in [0.2, 0.25) is 0 Å². The number of hydrogen-bond donors (Lipinski definition) is 0. The molecule has 2 aliphatic carbocycles. The van der Waals surface area contributed by atoms with Gasteiger partial charge in [-0.05, 0) is 48.9 Å². The molecule has 1 unspecified atom stereocenters. The summed E-state index contributed by atoms with van der Waals surface area (Å²) in [5, 5.41) is 0. The van der Waals surface area contributed by atoms with E-state index in [1.165, 1.54) is 32.1 Å². The summed E-state index contributed by atoms with van der Waals surface area (Å²) in [5.41, 5.74) is 2.86. The first-order valence-electron chi connectivity index (χ1n) is 6.11. The molecule has 0 nitrogen and oxygen atoms in total. The highest BCUT2D eigenvalue weighted by Crippen LogP contribution is 2.53. The van der Waals surface area contributed by atoms with Crippen LogP contribution in [0.5, 0.6) is 0 Å². The summed E-state index contributed by atoms with van der Waals surface area (Å²) in [7, 11) is 0. The molecule has 2 atom stereocenters. The Bertz CT molecular complexity index is 259.